The van der Waals surface area contributed by atoms with Crippen molar-refractivity contribution >= 4 is 22.2 Å². The van der Waals surface area contributed by atoms with E-state index in [9.17, 15) is 0 Å². The second-order valence-corrected chi connectivity index (χ2v) is 5.28. The predicted octanol–water partition coefficient (Wildman–Crippen LogP) is 4.32. The van der Waals surface area contributed by atoms with Gasteiger partial charge in [-0.1, -0.05) is 31.5 Å². The third-order valence-electron chi connectivity index (χ3n) is 2.40. The standard InChI is InChI=1S/C13H16N2S/c1-9(2)12-8-14-13(16-12)15-11-6-4-10(3)5-7-11/h4-9H,1-3H3,(H,14,15). The van der Waals surface area contributed by atoms with Gasteiger partial charge in [0.15, 0.2) is 5.13 Å². The van der Waals surface area contributed by atoms with Crippen LogP contribution in [-0.2, 0) is 0 Å². The first-order valence-corrected chi connectivity index (χ1v) is 6.26. The summed E-state index contributed by atoms with van der Waals surface area (Å²) in [4.78, 5) is 5.68. The third kappa shape index (κ3) is 2.61. The lowest BCUT2D eigenvalue weighted by molar-refractivity contribution is 0.885. The number of rotatable bonds is 3. The summed E-state index contributed by atoms with van der Waals surface area (Å²) in [6, 6.07) is 8.34. The molecule has 0 amide bonds. The van der Waals surface area contributed by atoms with Crippen molar-refractivity contribution < 1.29 is 0 Å². The molecule has 0 aliphatic heterocycles. The zero-order valence-corrected chi connectivity index (χ0v) is 10.6. The number of hydrogen-bond acceptors (Lipinski definition) is 3. The van der Waals surface area contributed by atoms with Gasteiger partial charge in [0.05, 0.1) is 0 Å². The van der Waals surface area contributed by atoms with Crippen LogP contribution in [0.3, 0.4) is 0 Å². The van der Waals surface area contributed by atoms with Crippen LogP contribution in [0.15, 0.2) is 30.5 Å². The summed E-state index contributed by atoms with van der Waals surface area (Å²) in [5, 5.41) is 4.28. The Labute approximate surface area is 100 Å². The minimum Gasteiger partial charge on any atom is -0.332 e. The smallest absolute Gasteiger partial charge is 0.187 e. The lowest BCUT2D eigenvalue weighted by atomic mass is 10.2. The summed E-state index contributed by atoms with van der Waals surface area (Å²) >= 11 is 1.72. The number of nitrogens with zero attached hydrogens (tertiary/aromatic N) is 1. The summed E-state index contributed by atoms with van der Waals surface area (Å²) in [5.41, 5.74) is 2.36. The molecule has 0 aliphatic carbocycles. The molecule has 0 atom stereocenters. The quantitative estimate of drug-likeness (QED) is 0.852. The number of aryl methyl sites for hydroxylation is 1. The molecule has 2 rings (SSSR count). The molecule has 0 saturated heterocycles. The molecule has 1 aromatic carbocycles. The van der Waals surface area contributed by atoms with Gasteiger partial charge in [0.1, 0.15) is 0 Å². The highest BCUT2D eigenvalue weighted by Gasteiger charge is 2.05. The molecular formula is C13H16N2S. The van der Waals surface area contributed by atoms with E-state index in [4.69, 9.17) is 0 Å². The van der Waals surface area contributed by atoms with Gasteiger partial charge in [0.2, 0.25) is 0 Å². The maximum absolute atomic E-state index is 4.36. The Kier molecular flexibility index (Phi) is 3.25. The zero-order valence-electron chi connectivity index (χ0n) is 9.82. The largest absolute Gasteiger partial charge is 0.332 e. The normalized spacial score (nSPS) is 10.8. The van der Waals surface area contributed by atoms with Crippen molar-refractivity contribution in [2.75, 3.05) is 5.32 Å². The van der Waals surface area contributed by atoms with Crippen molar-refractivity contribution in [2.45, 2.75) is 26.7 Å². The highest BCUT2D eigenvalue weighted by molar-refractivity contribution is 7.15. The molecule has 0 radical (unpaired) electrons. The summed E-state index contributed by atoms with van der Waals surface area (Å²) < 4.78 is 0. The molecule has 16 heavy (non-hydrogen) atoms. The lowest BCUT2D eigenvalue weighted by Gasteiger charge is -2.02. The third-order valence-corrected chi connectivity index (χ3v) is 3.61. The Hall–Kier alpha value is -1.35. The first-order valence-electron chi connectivity index (χ1n) is 5.44. The monoisotopic (exact) mass is 232 g/mol. The summed E-state index contributed by atoms with van der Waals surface area (Å²) in [6.45, 7) is 6.45. The van der Waals surface area contributed by atoms with Crippen LogP contribution in [0.2, 0.25) is 0 Å². The highest BCUT2D eigenvalue weighted by atomic mass is 32.1. The lowest BCUT2D eigenvalue weighted by Crippen LogP contribution is -1.88. The van der Waals surface area contributed by atoms with E-state index in [1.807, 2.05) is 6.20 Å². The van der Waals surface area contributed by atoms with E-state index in [0.29, 0.717) is 5.92 Å². The van der Waals surface area contributed by atoms with Gasteiger partial charge in [0, 0.05) is 16.8 Å². The van der Waals surface area contributed by atoms with Crippen LogP contribution in [0, 0.1) is 6.92 Å². The number of hydrogen-bond donors (Lipinski definition) is 1. The van der Waals surface area contributed by atoms with E-state index in [-0.39, 0.29) is 0 Å². The average Bonchev–Trinajstić information content (AvgIpc) is 2.70. The van der Waals surface area contributed by atoms with Gasteiger partial charge >= 0.3 is 0 Å². The number of thiazole rings is 1. The molecule has 1 aromatic heterocycles. The molecule has 3 heteroatoms. The SMILES string of the molecule is Cc1ccc(Nc2ncc(C(C)C)s2)cc1. The molecule has 1 heterocycles. The number of aromatic nitrogens is 1. The van der Waals surface area contributed by atoms with Gasteiger partial charge in [-0.2, -0.15) is 0 Å². The first kappa shape index (κ1) is 11.1. The Morgan fingerprint density at radius 2 is 1.88 bits per heavy atom. The molecule has 84 valence electrons. The summed E-state index contributed by atoms with van der Waals surface area (Å²) in [6.07, 6.45) is 1.95. The van der Waals surface area contributed by atoms with Gasteiger partial charge < -0.3 is 5.32 Å². The van der Waals surface area contributed by atoms with Gasteiger partial charge in [-0.3, -0.25) is 0 Å². The number of anilines is 2. The topological polar surface area (TPSA) is 24.9 Å². The van der Waals surface area contributed by atoms with Crippen LogP contribution in [0.1, 0.15) is 30.2 Å². The molecule has 2 nitrogen and oxygen atoms in total. The minimum absolute atomic E-state index is 0.547. The van der Waals surface area contributed by atoms with Crippen molar-refractivity contribution in [3.63, 3.8) is 0 Å². The fraction of sp³-hybridized carbons (Fsp3) is 0.308. The molecule has 0 saturated carbocycles. The second kappa shape index (κ2) is 4.66. The van der Waals surface area contributed by atoms with Crippen LogP contribution < -0.4 is 5.32 Å². The number of benzene rings is 1. The molecule has 0 spiro atoms. The van der Waals surface area contributed by atoms with E-state index in [2.05, 4.69) is 55.3 Å². The Bertz CT molecular complexity index is 457. The Balaban J connectivity index is 2.11. The highest BCUT2D eigenvalue weighted by Crippen LogP contribution is 2.27. The van der Waals surface area contributed by atoms with Crippen LogP contribution >= 0.6 is 11.3 Å². The maximum Gasteiger partial charge on any atom is 0.187 e. The average molecular weight is 232 g/mol. The van der Waals surface area contributed by atoms with Crippen LogP contribution in [-0.4, -0.2) is 4.98 Å². The molecule has 0 aliphatic rings. The van der Waals surface area contributed by atoms with Crippen molar-refractivity contribution in [1.82, 2.24) is 4.98 Å². The van der Waals surface area contributed by atoms with Crippen LogP contribution in [0.25, 0.3) is 0 Å². The second-order valence-electron chi connectivity index (χ2n) is 4.21. The van der Waals surface area contributed by atoms with Crippen molar-refractivity contribution in [2.24, 2.45) is 0 Å². The fourth-order valence-corrected chi connectivity index (χ4v) is 2.21. The van der Waals surface area contributed by atoms with E-state index < -0.39 is 0 Å². The molecule has 0 unspecified atom stereocenters. The Morgan fingerprint density at radius 1 is 1.19 bits per heavy atom. The number of nitrogens with one attached hydrogen (secondary N) is 1. The van der Waals surface area contributed by atoms with Crippen LogP contribution in [0.5, 0.6) is 0 Å². The van der Waals surface area contributed by atoms with E-state index in [0.717, 1.165) is 10.8 Å². The van der Waals surface area contributed by atoms with Gasteiger partial charge in [0.25, 0.3) is 0 Å². The Morgan fingerprint density at radius 3 is 2.44 bits per heavy atom. The fourth-order valence-electron chi connectivity index (χ4n) is 1.37. The predicted molar refractivity (Wildman–Crippen MR) is 70.7 cm³/mol. The van der Waals surface area contributed by atoms with Crippen LogP contribution in [0.4, 0.5) is 10.8 Å². The molecule has 0 fully saturated rings. The molecule has 0 bridgehead atoms. The van der Waals surface area contributed by atoms with E-state index in [1.54, 1.807) is 11.3 Å². The van der Waals surface area contributed by atoms with Gasteiger partial charge in [-0.25, -0.2) is 4.98 Å². The summed E-state index contributed by atoms with van der Waals surface area (Å²) in [7, 11) is 0. The molecule has 2 aromatic rings. The van der Waals surface area contributed by atoms with Crippen molar-refractivity contribution in [3.8, 4) is 0 Å². The molecular weight excluding hydrogens is 216 g/mol. The maximum atomic E-state index is 4.36. The van der Waals surface area contributed by atoms with Crippen molar-refractivity contribution in [1.29, 1.82) is 0 Å². The van der Waals surface area contributed by atoms with E-state index >= 15 is 0 Å². The zero-order chi connectivity index (χ0) is 11.5. The molecule has 1 N–H and O–H groups in total. The van der Waals surface area contributed by atoms with Gasteiger partial charge in [-0.05, 0) is 25.0 Å². The summed E-state index contributed by atoms with van der Waals surface area (Å²) in [5.74, 6) is 0.547. The van der Waals surface area contributed by atoms with Crippen molar-refractivity contribution in [3.05, 3.63) is 40.9 Å². The van der Waals surface area contributed by atoms with E-state index in [1.165, 1.54) is 10.4 Å². The minimum atomic E-state index is 0.547. The van der Waals surface area contributed by atoms with Gasteiger partial charge in [-0.15, -0.1) is 11.3 Å². The first-order chi connectivity index (χ1) is 7.65.